The van der Waals surface area contributed by atoms with Gasteiger partial charge in [-0.1, -0.05) is 0 Å². The van der Waals surface area contributed by atoms with E-state index in [1.165, 1.54) is 4.31 Å². The van der Waals surface area contributed by atoms with Crippen LogP contribution in [0.4, 0.5) is 5.82 Å². The lowest BCUT2D eigenvalue weighted by Crippen LogP contribution is -2.37. The van der Waals surface area contributed by atoms with E-state index in [1.807, 2.05) is 0 Å². The molecule has 11 nitrogen and oxygen atoms in total. The average Bonchev–Trinajstić information content (AvgIpc) is 2.64. The van der Waals surface area contributed by atoms with Crippen molar-refractivity contribution in [1.82, 2.24) is 10.3 Å². The summed E-state index contributed by atoms with van der Waals surface area (Å²) in [7, 11) is -2.10. The molecule has 0 radical (unpaired) electrons. The van der Waals surface area contributed by atoms with Crippen molar-refractivity contribution in [3.05, 3.63) is 17.3 Å². The smallest absolute Gasteiger partial charge is 0.341 e. The molecule has 12 heteroatoms. The normalized spacial score (nSPS) is 17.1. The Hall–Kier alpha value is -2.57. The van der Waals surface area contributed by atoms with Gasteiger partial charge in [-0.15, -0.1) is 10.8 Å². The molecule has 4 N–H and O–H groups in total. The highest BCUT2D eigenvalue weighted by molar-refractivity contribution is 8.25. The summed E-state index contributed by atoms with van der Waals surface area (Å²) in [5, 5.41) is 12.7. The van der Waals surface area contributed by atoms with Gasteiger partial charge in [-0.3, -0.25) is 23.0 Å². The van der Waals surface area contributed by atoms with Crippen LogP contribution >= 0.6 is 10.8 Å². The molecule has 0 bridgehead atoms. The van der Waals surface area contributed by atoms with Gasteiger partial charge in [0.05, 0.1) is 12.9 Å². The average molecular weight is 445 g/mol. The highest BCUT2D eigenvalue weighted by atomic mass is 32.3. The van der Waals surface area contributed by atoms with Crippen molar-refractivity contribution in [2.45, 2.75) is 39.2 Å². The second kappa shape index (κ2) is 9.06. The highest BCUT2D eigenvalue weighted by Gasteiger charge is 2.31. The molecule has 168 valence electrons. The first-order valence-corrected chi connectivity index (χ1v) is 10.9. The molecule has 1 saturated heterocycles. The van der Waals surface area contributed by atoms with Gasteiger partial charge in [0.15, 0.2) is 11.4 Å². The molecule has 2 heterocycles. The molecule has 0 unspecified atom stereocenters. The fourth-order valence-corrected chi connectivity index (χ4v) is 4.39. The molecule has 1 aliphatic heterocycles. The Bertz CT molecular complexity index is 837. The van der Waals surface area contributed by atoms with Crippen LogP contribution in [0, 0.1) is 0 Å². The van der Waals surface area contributed by atoms with Gasteiger partial charge < -0.3 is 19.9 Å². The molecule has 1 aromatic heterocycles. The van der Waals surface area contributed by atoms with E-state index < -0.39 is 52.2 Å². The Kier molecular flexibility index (Phi) is 7.16. The summed E-state index contributed by atoms with van der Waals surface area (Å²) in [5.74, 6) is -3.30. The number of esters is 2. The van der Waals surface area contributed by atoms with E-state index in [-0.39, 0.29) is 23.7 Å². The van der Waals surface area contributed by atoms with Gasteiger partial charge in [0.25, 0.3) is 5.91 Å². The summed E-state index contributed by atoms with van der Waals surface area (Å²) in [5.41, 5.74) is -1.68. The zero-order chi connectivity index (χ0) is 22.7. The Balaban J connectivity index is 2.37. The number of nitrogens with one attached hydrogen (secondary N) is 1. The predicted octanol–water partition coefficient (Wildman–Crippen LogP) is 1.91. The number of carbonyl (C=O) groups is 3. The van der Waals surface area contributed by atoms with Crippen LogP contribution in [0.3, 0.4) is 0 Å². The van der Waals surface area contributed by atoms with Crippen LogP contribution in [0.1, 0.15) is 54.5 Å². The molecule has 0 spiro atoms. The molecular weight excluding hydrogens is 418 g/mol. The van der Waals surface area contributed by atoms with Crippen molar-refractivity contribution in [3.63, 3.8) is 0 Å². The Morgan fingerprint density at radius 1 is 1.27 bits per heavy atom. The second-order valence-electron chi connectivity index (χ2n) is 7.63. The maximum atomic E-state index is 12.6. The number of carbonyl (C=O) groups excluding carboxylic acids is 3. The fraction of sp³-hybridized carbons (Fsp3) is 0.556. The van der Waals surface area contributed by atoms with Gasteiger partial charge in [0.1, 0.15) is 23.5 Å². The Morgan fingerprint density at radius 2 is 1.93 bits per heavy atom. The van der Waals surface area contributed by atoms with Crippen LogP contribution < -0.4 is 9.62 Å². The van der Waals surface area contributed by atoms with Gasteiger partial charge in [-0.25, -0.2) is 9.78 Å². The van der Waals surface area contributed by atoms with Crippen LogP contribution in [0.15, 0.2) is 6.07 Å². The number of anilines is 1. The van der Waals surface area contributed by atoms with Gasteiger partial charge in [-0.05, 0) is 33.6 Å². The zero-order valence-electron chi connectivity index (χ0n) is 17.3. The number of methoxy groups -OCH3 is 1. The maximum absolute atomic E-state index is 12.6. The first kappa shape index (κ1) is 23.7. The molecular formula is C18H27N3O8S. The SMILES string of the molecule is COC(=O)c1cc(N2CCCCS2(O)O)nc(C(=O)NCC(=O)OC(C)(C)C)c1O. The van der Waals surface area contributed by atoms with Crippen molar-refractivity contribution in [1.29, 1.82) is 0 Å². The van der Waals surface area contributed by atoms with Gasteiger partial charge in [-0.2, -0.15) is 0 Å². The van der Waals surface area contributed by atoms with Gasteiger partial charge in [0.2, 0.25) is 0 Å². The Labute approximate surface area is 175 Å². The number of hydrogen-bond donors (Lipinski definition) is 4. The number of ether oxygens (including phenoxy) is 2. The number of rotatable bonds is 5. The van der Waals surface area contributed by atoms with E-state index in [0.717, 1.165) is 13.2 Å². The third kappa shape index (κ3) is 5.74. The lowest BCUT2D eigenvalue weighted by atomic mass is 10.1. The van der Waals surface area contributed by atoms with Crippen LogP contribution in [-0.2, 0) is 14.3 Å². The first-order chi connectivity index (χ1) is 13.9. The fourth-order valence-electron chi connectivity index (χ4n) is 2.76. The number of aromatic nitrogens is 1. The van der Waals surface area contributed by atoms with Gasteiger partial charge >= 0.3 is 11.9 Å². The maximum Gasteiger partial charge on any atom is 0.341 e. The van der Waals surface area contributed by atoms with Crippen LogP contribution in [0.2, 0.25) is 0 Å². The highest BCUT2D eigenvalue weighted by Crippen LogP contribution is 2.49. The lowest BCUT2D eigenvalue weighted by molar-refractivity contribution is -0.153. The molecule has 0 atom stereocenters. The van der Waals surface area contributed by atoms with E-state index in [2.05, 4.69) is 15.0 Å². The van der Waals surface area contributed by atoms with Crippen LogP contribution in [-0.4, -0.2) is 68.6 Å². The summed E-state index contributed by atoms with van der Waals surface area (Å²) in [6.45, 7) is 4.75. The monoisotopic (exact) mass is 445 g/mol. The van der Waals surface area contributed by atoms with Crippen molar-refractivity contribution in [2.24, 2.45) is 0 Å². The third-order valence-electron chi connectivity index (χ3n) is 4.05. The van der Waals surface area contributed by atoms with Crippen molar-refractivity contribution >= 4 is 34.4 Å². The number of hydrogen-bond acceptors (Lipinski definition) is 10. The largest absolute Gasteiger partial charge is 0.505 e. The summed E-state index contributed by atoms with van der Waals surface area (Å²) in [6, 6.07) is 1.13. The quantitative estimate of drug-likeness (QED) is 0.493. The van der Waals surface area contributed by atoms with E-state index in [0.29, 0.717) is 12.8 Å². The summed E-state index contributed by atoms with van der Waals surface area (Å²) >= 11 is 0. The van der Waals surface area contributed by atoms with E-state index >= 15 is 0 Å². The predicted molar refractivity (Wildman–Crippen MR) is 110 cm³/mol. The zero-order valence-corrected chi connectivity index (χ0v) is 18.1. The third-order valence-corrected chi connectivity index (χ3v) is 5.96. The Morgan fingerprint density at radius 3 is 2.50 bits per heavy atom. The molecule has 0 saturated carbocycles. The molecule has 0 aromatic carbocycles. The number of pyridine rings is 1. The van der Waals surface area contributed by atoms with E-state index in [4.69, 9.17) is 4.74 Å². The molecule has 1 aliphatic rings. The van der Waals surface area contributed by atoms with Gasteiger partial charge in [0, 0.05) is 12.6 Å². The molecule has 1 amide bonds. The summed E-state index contributed by atoms with van der Waals surface area (Å²) in [6.07, 6.45) is 1.25. The topological polar surface area (TPSA) is 159 Å². The molecule has 2 rings (SSSR count). The number of nitrogens with zero attached hydrogens (tertiary/aromatic N) is 2. The standard InChI is InChI=1S/C18H27N3O8S/c1-18(2,3)29-13(22)10-19-16(24)14-15(23)11(17(25)28-4)9-12(20-14)21-7-5-6-8-30(21,26)27/h9,23,26-27H,5-8,10H2,1-4H3,(H,19,24). The first-order valence-electron chi connectivity index (χ1n) is 9.21. The minimum absolute atomic E-state index is 0.0738. The van der Waals surface area contributed by atoms with Crippen molar-refractivity contribution in [2.75, 3.05) is 30.3 Å². The molecule has 0 aliphatic carbocycles. The minimum Gasteiger partial charge on any atom is -0.505 e. The summed E-state index contributed by atoms with van der Waals surface area (Å²) < 4.78 is 31.6. The number of aromatic hydroxyl groups is 1. The van der Waals surface area contributed by atoms with Crippen molar-refractivity contribution < 1.29 is 38.1 Å². The van der Waals surface area contributed by atoms with Crippen LogP contribution in [0.25, 0.3) is 0 Å². The number of amides is 1. The molecule has 1 aromatic rings. The van der Waals surface area contributed by atoms with Crippen LogP contribution in [0.5, 0.6) is 5.75 Å². The lowest BCUT2D eigenvalue weighted by Gasteiger charge is -2.46. The van der Waals surface area contributed by atoms with E-state index in [9.17, 15) is 28.6 Å². The van der Waals surface area contributed by atoms with E-state index in [1.54, 1.807) is 20.8 Å². The molecule has 30 heavy (non-hydrogen) atoms. The van der Waals surface area contributed by atoms with Crippen molar-refractivity contribution in [3.8, 4) is 5.75 Å². The summed E-state index contributed by atoms with van der Waals surface area (Å²) in [4.78, 5) is 40.5. The second-order valence-corrected chi connectivity index (χ2v) is 9.75. The molecule has 1 fully saturated rings. The minimum atomic E-state index is -3.20.